The molecule has 0 aromatic carbocycles. The third-order valence-corrected chi connectivity index (χ3v) is 3.88. The summed E-state index contributed by atoms with van der Waals surface area (Å²) in [5.74, 6) is -1.70. The normalized spacial score (nSPS) is 33.5. The summed E-state index contributed by atoms with van der Waals surface area (Å²) >= 11 is 0. The molecule has 0 aromatic heterocycles. The van der Waals surface area contributed by atoms with Gasteiger partial charge in [0.1, 0.15) is 12.3 Å². The van der Waals surface area contributed by atoms with Crippen molar-refractivity contribution in [3.05, 3.63) is 0 Å². The van der Waals surface area contributed by atoms with Crippen molar-refractivity contribution in [3.8, 4) is 0 Å². The Bertz CT molecular complexity index is 467. The van der Waals surface area contributed by atoms with E-state index >= 15 is 0 Å². The van der Waals surface area contributed by atoms with E-state index in [0.29, 0.717) is 0 Å². The van der Waals surface area contributed by atoms with Crippen LogP contribution in [-0.4, -0.2) is 48.0 Å². The monoisotopic (exact) mass is 283 g/mol. The number of amides is 1. The summed E-state index contributed by atoms with van der Waals surface area (Å²) in [4.78, 5) is 38.5. The lowest BCUT2D eigenvalue weighted by molar-refractivity contribution is -0.165. The standard InChI is InChI=1S/C14H21NO5/c1-6-19-12(18)14(5)9(16)8-7-20-11(13(2,3)4)15(8)10(14)17/h8,11H,6-7H2,1-5H3/t8-,11-,14?/m0/s1. The van der Waals surface area contributed by atoms with Crippen LogP contribution in [0.15, 0.2) is 0 Å². The number of Topliss-reactive ketones (excluding diaryl/α,β-unsaturated/α-hetero) is 1. The third kappa shape index (κ3) is 1.85. The Kier molecular flexibility index (Phi) is 3.40. The molecule has 1 amide bonds. The van der Waals surface area contributed by atoms with Crippen LogP contribution in [0.3, 0.4) is 0 Å². The maximum absolute atomic E-state index is 12.6. The molecule has 1 unspecified atom stereocenters. The van der Waals surface area contributed by atoms with Crippen molar-refractivity contribution in [1.29, 1.82) is 0 Å². The zero-order valence-electron chi connectivity index (χ0n) is 12.6. The van der Waals surface area contributed by atoms with Gasteiger partial charge in [0.15, 0.2) is 5.78 Å². The van der Waals surface area contributed by atoms with Crippen molar-refractivity contribution in [1.82, 2.24) is 4.90 Å². The van der Waals surface area contributed by atoms with Crippen molar-refractivity contribution in [2.75, 3.05) is 13.2 Å². The van der Waals surface area contributed by atoms with Gasteiger partial charge in [-0.05, 0) is 13.8 Å². The van der Waals surface area contributed by atoms with E-state index in [1.165, 1.54) is 11.8 Å². The summed E-state index contributed by atoms with van der Waals surface area (Å²) in [6, 6.07) is -0.680. The van der Waals surface area contributed by atoms with Gasteiger partial charge in [-0.25, -0.2) is 0 Å². The SMILES string of the molecule is CCOC(=O)C1(C)C(=O)[C@@H]2CO[C@@H](C(C)(C)C)N2C1=O. The molecule has 2 aliphatic heterocycles. The van der Waals surface area contributed by atoms with E-state index in [0.717, 1.165) is 0 Å². The minimum Gasteiger partial charge on any atom is -0.465 e. The minimum absolute atomic E-state index is 0.138. The number of nitrogens with zero attached hydrogens (tertiary/aromatic N) is 1. The third-order valence-electron chi connectivity index (χ3n) is 3.88. The largest absolute Gasteiger partial charge is 0.465 e. The lowest BCUT2D eigenvalue weighted by atomic mass is 9.85. The smallest absolute Gasteiger partial charge is 0.329 e. The second-order valence-electron chi connectivity index (χ2n) is 6.49. The molecule has 0 aromatic rings. The van der Waals surface area contributed by atoms with Gasteiger partial charge in [0.2, 0.25) is 11.3 Å². The van der Waals surface area contributed by atoms with Crippen LogP contribution in [0.25, 0.3) is 0 Å². The molecule has 0 bridgehead atoms. The van der Waals surface area contributed by atoms with Crippen molar-refractivity contribution >= 4 is 17.7 Å². The van der Waals surface area contributed by atoms with Crippen LogP contribution in [0, 0.1) is 10.8 Å². The van der Waals surface area contributed by atoms with E-state index in [2.05, 4.69) is 0 Å². The Morgan fingerprint density at radius 2 is 2.05 bits per heavy atom. The van der Waals surface area contributed by atoms with Gasteiger partial charge in [-0.15, -0.1) is 0 Å². The van der Waals surface area contributed by atoms with Gasteiger partial charge in [0.25, 0.3) is 0 Å². The molecule has 3 atom stereocenters. The second kappa shape index (κ2) is 4.55. The van der Waals surface area contributed by atoms with E-state index in [4.69, 9.17) is 9.47 Å². The molecule has 20 heavy (non-hydrogen) atoms. The van der Waals surface area contributed by atoms with Crippen LogP contribution < -0.4 is 0 Å². The Hall–Kier alpha value is -1.43. The molecule has 2 heterocycles. The van der Waals surface area contributed by atoms with Crippen LogP contribution in [-0.2, 0) is 23.9 Å². The molecular formula is C14H21NO5. The van der Waals surface area contributed by atoms with Crippen molar-refractivity contribution < 1.29 is 23.9 Å². The van der Waals surface area contributed by atoms with Gasteiger partial charge in [-0.3, -0.25) is 14.4 Å². The molecule has 0 aliphatic carbocycles. The number of carbonyl (C=O) groups is 3. The molecule has 112 valence electrons. The summed E-state index contributed by atoms with van der Waals surface area (Å²) in [6.07, 6.45) is -0.500. The van der Waals surface area contributed by atoms with Crippen LogP contribution in [0.4, 0.5) is 0 Å². The number of hydrogen-bond donors (Lipinski definition) is 0. The van der Waals surface area contributed by atoms with Crippen molar-refractivity contribution in [2.45, 2.75) is 46.9 Å². The highest BCUT2D eigenvalue weighted by Crippen LogP contribution is 2.43. The minimum atomic E-state index is -1.73. The van der Waals surface area contributed by atoms with Gasteiger partial charge < -0.3 is 14.4 Å². The first-order valence-corrected chi connectivity index (χ1v) is 6.81. The fourth-order valence-corrected chi connectivity index (χ4v) is 2.78. The van der Waals surface area contributed by atoms with Crippen LogP contribution in [0.1, 0.15) is 34.6 Å². The van der Waals surface area contributed by atoms with Crippen molar-refractivity contribution in [2.24, 2.45) is 10.8 Å². The molecule has 6 nitrogen and oxygen atoms in total. The first-order chi connectivity index (χ1) is 9.15. The predicted molar refractivity (Wildman–Crippen MR) is 69.6 cm³/mol. The average Bonchev–Trinajstić information content (AvgIpc) is 2.86. The number of ketones is 1. The Balaban J connectivity index is 2.37. The van der Waals surface area contributed by atoms with Crippen molar-refractivity contribution in [3.63, 3.8) is 0 Å². The molecule has 2 aliphatic rings. The molecule has 2 rings (SSSR count). The van der Waals surface area contributed by atoms with E-state index < -0.39 is 35.3 Å². The summed E-state index contributed by atoms with van der Waals surface area (Å²) in [7, 11) is 0. The van der Waals surface area contributed by atoms with E-state index in [9.17, 15) is 14.4 Å². The first kappa shape index (κ1) is 15.0. The molecule has 2 saturated heterocycles. The fraction of sp³-hybridized carbons (Fsp3) is 0.786. The molecule has 0 radical (unpaired) electrons. The van der Waals surface area contributed by atoms with E-state index in [1.54, 1.807) is 6.92 Å². The topological polar surface area (TPSA) is 72.9 Å². The summed E-state index contributed by atoms with van der Waals surface area (Å²) in [5, 5.41) is 0. The van der Waals surface area contributed by atoms with Crippen LogP contribution >= 0.6 is 0 Å². The van der Waals surface area contributed by atoms with Gasteiger partial charge in [-0.2, -0.15) is 0 Å². The predicted octanol–water partition coefficient (Wildman–Crippen LogP) is 0.738. The second-order valence-corrected chi connectivity index (χ2v) is 6.49. The summed E-state index contributed by atoms with van der Waals surface area (Å²) in [5.41, 5.74) is -2.06. The molecule has 0 saturated carbocycles. The molecule has 0 spiro atoms. The Morgan fingerprint density at radius 1 is 1.45 bits per heavy atom. The molecule has 2 fully saturated rings. The first-order valence-electron chi connectivity index (χ1n) is 6.81. The average molecular weight is 283 g/mol. The van der Waals surface area contributed by atoms with Gasteiger partial charge >= 0.3 is 5.97 Å². The van der Waals surface area contributed by atoms with Crippen LogP contribution in [0.2, 0.25) is 0 Å². The highest BCUT2D eigenvalue weighted by Gasteiger charge is 2.66. The highest BCUT2D eigenvalue weighted by molar-refractivity contribution is 6.27. The molecule has 6 heteroatoms. The number of hydrogen-bond acceptors (Lipinski definition) is 5. The van der Waals surface area contributed by atoms with Gasteiger partial charge in [-0.1, -0.05) is 20.8 Å². The lowest BCUT2D eigenvalue weighted by Crippen LogP contribution is -2.48. The number of carbonyl (C=O) groups excluding carboxylic acids is 3. The molecular weight excluding hydrogens is 262 g/mol. The Morgan fingerprint density at radius 3 is 2.55 bits per heavy atom. The van der Waals surface area contributed by atoms with Crippen LogP contribution in [0.5, 0.6) is 0 Å². The summed E-state index contributed by atoms with van der Waals surface area (Å²) < 4.78 is 10.5. The maximum atomic E-state index is 12.6. The Labute approximate surface area is 118 Å². The number of ether oxygens (including phenoxy) is 2. The zero-order valence-corrected chi connectivity index (χ0v) is 12.6. The van der Waals surface area contributed by atoms with Gasteiger partial charge in [0, 0.05) is 5.41 Å². The number of rotatable bonds is 2. The zero-order chi connectivity index (χ0) is 15.3. The quantitative estimate of drug-likeness (QED) is 0.552. The maximum Gasteiger partial charge on any atom is 0.329 e. The number of fused-ring (bicyclic) bond motifs is 1. The lowest BCUT2D eigenvalue weighted by Gasteiger charge is -2.33. The number of esters is 1. The highest BCUT2D eigenvalue weighted by atomic mass is 16.5. The molecule has 0 N–H and O–H groups in total. The van der Waals surface area contributed by atoms with E-state index in [-0.39, 0.29) is 18.6 Å². The van der Waals surface area contributed by atoms with Gasteiger partial charge in [0.05, 0.1) is 13.2 Å². The fourth-order valence-electron chi connectivity index (χ4n) is 2.78. The van der Waals surface area contributed by atoms with E-state index in [1.807, 2.05) is 20.8 Å². The summed E-state index contributed by atoms with van der Waals surface area (Å²) in [6.45, 7) is 9.06.